The van der Waals surface area contributed by atoms with E-state index < -0.39 is 5.91 Å². The minimum absolute atomic E-state index is 0.412. The Morgan fingerprint density at radius 2 is 1.89 bits per heavy atom. The van der Waals surface area contributed by atoms with E-state index in [1.54, 1.807) is 6.07 Å². The van der Waals surface area contributed by atoms with E-state index in [0.717, 1.165) is 62.7 Å². The number of rotatable bonds is 5. The van der Waals surface area contributed by atoms with Crippen LogP contribution in [0.3, 0.4) is 0 Å². The molecule has 0 unspecified atom stereocenters. The number of piperidine rings is 1. The SMILES string of the molecule is NC(=O)c1cccc2c1nc(N1CCCNCC1)n2CCN1CCCCC1. The number of hydrogen-bond donors (Lipinski definition) is 2. The zero-order chi connectivity index (χ0) is 18.6. The van der Waals surface area contributed by atoms with E-state index >= 15 is 0 Å². The maximum atomic E-state index is 11.9. The third-order valence-electron chi connectivity index (χ3n) is 5.74. The second-order valence-corrected chi connectivity index (χ2v) is 7.59. The van der Waals surface area contributed by atoms with Crippen LogP contribution >= 0.6 is 0 Å². The largest absolute Gasteiger partial charge is 0.366 e. The van der Waals surface area contributed by atoms with Gasteiger partial charge in [-0.05, 0) is 51.0 Å². The van der Waals surface area contributed by atoms with E-state index in [-0.39, 0.29) is 0 Å². The molecule has 1 amide bonds. The van der Waals surface area contributed by atoms with Crippen molar-refractivity contribution in [1.82, 2.24) is 19.8 Å². The number of aromatic nitrogens is 2. The first-order chi connectivity index (χ1) is 13.2. The molecule has 27 heavy (non-hydrogen) atoms. The fourth-order valence-electron chi connectivity index (χ4n) is 4.27. The van der Waals surface area contributed by atoms with Crippen LogP contribution in [0, 0.1) is 0 Å². The van der Waals surface area contributed by atoms with Crippen molar-refractivity contribution in [1.29, 1.82) is 0 Å². The summed E-state index contributed by atoms with van der Waals surface area (Å²) in [4.78, 5) is 21.7. The van der Waals surface area contributed by atoms with Crippen molar-refractivity contribution in [2.75, 3.05) is 50.7 Å². The van der Waals surface area contributed by atoms with Gasteiger partial charge >= 0.3 is 0 Å². The van der Waals surface area contributed by atoms with Crippen molar-refractivity contribution >= 4 is 22.9 Å². The lowest BCUT2D eigenvalue weighted by atomic mass is 10.1. The van der Waals surface area contributed by atoms with Crippen LogP contribution in [0.5, 0.6) is 0 Å². The van der Waals surface area contributed by atoms with Gasteiger partial charge in [-0.2, -0.15) is 0 Å². The van der Waals surface area contributed by atoms with Gasteiger partial charge in [0.25, 0.3) is 5.91 Å². The maximum Gasteiger partial charge on any atom is 0.250 e. The lowest BCUT2D eigenvalue weighted by molar-refractivity contribution is 0.100. The molecule has 2 fully saturated rings. The Kier molecular flexibility index (Phi) is 5.59. The molecule has 2 aliphatic heterocycles. The predicted molar refractivity (Wildman–Crippen MR) is 108 cm³/mol. The number of anilines is 1. The first-order valence-corrected chi connectivity index (χ1v) is 10.2. The van der Waals surface area contributed by atoms with Crippen LogP contribution < -0.4 is 16.0 Å². The summed E-state index contributed by atoms with van der Waals surface area (Å²) < 4.78 is 2.29. The van der Waals surface area contributed by atoms with Crippen molar-refractivity contribution in [2.45, 2.75) is 32.2 Å². The minimum Gasteiger partial charge on any atom is -0.366 e. The van der Waals surface area contributed by atoms with Crippen LogP contribution in [0.2, 0.25) is 0 Å². The van der Waals surface area contributed by atoms with Gasteiger partial charge in [0.05, 0.1) is 11.1 Å². The highest BCUT2D eigenvalue weighted by Crippen LogP contribution is 2.26. The van der Waals surface area contributed by atoms with Crippen molar-refractivity contribution in [3.63, 3.8) is 0 Å². The molecule has 0 bridgehead atoms. The second kappa shape index (κ2) is 8.27. The average molecular weight is 371 g/mol. The summed E-state index contributed by atoms with van der Waals surface area (Å²) in [5, 5.41) is 3.45. The fourth-order valence-corrected chi connectivity index (χ4v) is 4.27. The minimum atomic E-state index is -0.412. The summed E-state index contributed by atoms with van der Waals surface area (Å²) in [6.07, 6.45) is 5.03. The molecule has 2 aliphatic rings. The van der Waals surface area contributed by atoms with E-state index in [2.05, 4.69) is 25.8 Å². The highest BCUT2D eigenvalue weighted by Gasteiger charge is 2.21. The highest BCUT2D eigenvalue weighted by atomic mass is 16.1. The topological polar surface area (TPSA) is 79.4 Å². The number of carbonyl (C=O) groups is 1. The molecule has 3 heterocycles. The number of benzene rings is 1. The number of para-hydroxylation sites is 1. The van der Waals surface area contributed by atoms with Gasteiger partial charge in [0, 0.05) is 32.7 Å². The standard InChI is InChI=1S/C20H30N6O/c21-19(27)16-6-4-7-17-18(16)23-20(25-12-5-8-22-9-13-25)26(17)15-14-24-10-2-1-3-11-24/h4,6-7,22H,1-3,5,8-15H2,(H2,21,27). The third kappa shape index (κ3) is 3.94. The Bertz CT molecular complexity index is 787. The van der Waals surface area contributed by atoms with Crippen molar-refractivity contribution in [2.24, 2.45) is 5.73 Å². The van der Waals surface area contributed by atoms with Crippen molar-refractivity contribution in [3.05, 3.63) is 23.8 Å². The van der Waals surface area contributed by atoms with Crippen LogP contribution in [0.25, 0.3) is 11.0 Å². The zero-order valence-corrected chi connectivity index (χ0v) is 16.0. The number of likely N-dealkylation sites (tertiary alicyclic amines) is 1. The second-order valence-electron chi connectivity index (χ2n) is 7.59. The fraction of sp³-hybridized carbons (Fsp3) is 0.600. The average Bonchev–Trinajstić information content (AvgIpc) is 2.86. The van der Waals surface area contributed by atoms with Gasteiger partial charge in [-0.15, -0.1) is 0 Å². The molecule has 7 heteroatoms. The molecule has 7 nitrogen and oxygen atoms in total. The highest BCUT2D eigenvalue weighted by molar-refractivity contribution is 6.04. The Hall–Kier alpha value is -2.12. The van der Waals surface area contributed by atoms with Gasteiger partial charge in [-0.1, -0.05) is 12.5 Å². The van der Waals surface area contributed by atoms with Gasteiger partial charge in [-0.25, -0.2) is 4.98 Å². The molecule has 1 aromatic carbocycles. The maximum absolute atomic E-state index is 11.9. The van der Waals surface area contributed by atoms with Crippen LogP contribution in [0.15, 0.2) is 18.2 Å². The van der Waals surface area contributed by atoms with E-state index in [1.807, 2.05) is 6.07 Å². The molecule has 2 aromatic rings. The predicted octanol–water partition coefficient (Wildman–Crippen LogP) is 1.42. The van der Waals surface area contributed by atoms with E-state index in [0.29, 0.717) is 5.56 Å². The van der Waals surface area contributed by atoms with E-state index in [1.165, 1.54) is 32.4 Å². The molecule has 0 radical (unpaired) electrons. The molecular weight excluding hydrogens is 340 g/mol. The lowest BCUT2D eigenvalue weighted by Crippen LogP contribution is -2.34. The number of amides is 1. The number of fused-ring (bicyclic) bond motifs is 1. The molecule has 4 rings (SSSR count). The number of primary amides is 1. The number of nitrogens with two attached hydrogens (primary N) is 1. The monoisotopic (exact) mass is 370 g/mol. The van der Waals surface area contributed by atoms with Crippen molar-refractivity contribution in [3.8, 4) is 0 Å². The molecule has 0 spiro atoms. The van der Waals surface area contributed by atoms with Gasteiger partial charge in [0.1, 0.15) is 5.52 Å². The molecule has 1 aromatic heterocycles. The van der Waals surface area contributed by atoms with E-state index in [4.69, 9.17) is 10.7 Å². The third-order valence-corrected chi connectivity index (χ3v) is 5.74. The molecule has 0 aliphatic carbocycles. The number of carbonyl (C=O) groups excluding carboxylic acids is 1. The Morgan fingerprint density at radius 1 is 1.04 bits per heavy atom. The first kappa shape index (κ1) is 18.3. The molecule has 146 valence electrons. The van der Waals surface area contributed by atoms with Gasteiger partial charge in [0.15, 0.2) is 0 Å². The summed E-state index contributed by atoms with van der Waals surface area (Å²) in [7, 11) is 0. The Labute approximate surface area is 160 Å². The quantitative estimate of drug-likeness (QED) is 0.832. The Morgan fingerprint density at radius 3 is 2.70 bits per heavy atom. The zero-order valence-electron chi connectivity index (χ0n) is 16.0. The lowest BCUT2D eigenvalue weighted by Gasteiger charge is -2.28. The molecule has 0 saturated carbocycles. The summed E-state index contributed by atoms with van der Waals surface area (Å²) >= 11 is 0. The first-order valence-electron chi connectivity index (χ1n) is 10.2. The molecular formula is C20H30N6O. The van der Waals surface area contributed by atoms with Gasteiger partial charge < -0.3 is 25.4 Å². The van der Waals surface area contributed by atoms with Crippen LogP contribution in [-0.2, 0) is 6.54 Å². The summed E-state index contributed by atoms with van der Waals surface area (Å²) in [6, 6.07) is 5.75. The van der Waals surface area contributed by atoms with Crippen LogP contribution in [0.1, 0.15) is 36.0 Å². The Balaban J connectivity index is 1.69. The number of hydrogen-bond acceptors (Lipinski definition) is 5. The molecule has 3 N–H and O–H groups in total. The number of nitrogens with zero attached hydrogens (tertiary/aromatic N) is 4. The van der Waals surface area contributed by atoms with E-state index in [9.17, 15) is 4.79 Å². The summed E-state index contributed by atoms with van der Waals surface area (Å²) in [5.41, 5.74) is 7.87. The summed E-state index contributed by atoms with van der Waals surface area (Å²) in [5.74, 6) is 0.560. The van der Waals surface area contributed by atoms with Crippen LogP contribution in [0.4, 0.5) is 5.95 Å². The molecule has 2 saturated heterocycles. The number of imidazole rings is 1. The normalized spacial score (nSPS) is 19.3. The number of nitrogens with one attached hydrogen (secondary N) is 1. The van der Waals surface area contributed by atoms with Gasteiger partial charge in [-0.3, -0.25) is 4.79 Å². The molecule has 0 atom stereocenters. The van der Waals surface area contributed by atoms with Crippen LogP contribution in [-0.4, -0.2) is 66.2 Å². The smallest absolute Gasteiger partial charge is 0.250 e. The summed E-state index contributed by atoms with van der Waals surface area (Å²) in [6.45, 7) is 8.17. The van der Waals surface area contributed by atoms with Gasteiger partial charge in [0.2, 0.25) is 5.95 Å². The van der Waals surface area contributed by atoms with Crippen molar-refractivity contribution < 1.29 is 4.79 Å².